The predicted octanol–water partition coefficient (Wildman–Crippen LogP) is 3.72. The molecule has 1 rings (SSSR count). The van der Waals surface area contributed by atoms with Crippen molar-refractivity contribution in [2.45, 2.75) is 32.7 Å². The molecule has 0 aromatic carbocycles. The number of rotatable bonds is 8. The average Bonchev–Trinajstić information content (AvgIpc) is 2.70. The van der Waals surface area contributed by atoms with E-state index in [1.807, 2.05) is 4.90 Å². The topological polar surface area (TPSA) is 40.5 Å². The summed E-state index contributed by atoms with van der Waals surface area (Å²) in [5.74, 6) is -0.0477. The molecule has 0 spiro atoms. The lowest BCUT2D eigenvalue weighted by molar-refractivity contribution is 0.0851. The molecule has 0 saturated heterocycles. The second-order valence-corrected chi connectivity index (χ2v) is 6.61. The maximum Gasteiger partial charge on any atom is 0.179 e. The van der Waals surface area contributed by atoms with E-state index in [1.54, 1.807) is 6.07 Å². The van der Waals surface area contributed by atoms with Gasteiger partial charge in [-0.3, -0.25) is 9.69 Å². The summed E-state index contributed by atoms with van der Waals surface area (Å²) in [5.41, 5.74) is 0.477. The van der Waals surface area contributed by atoms with Gasteiger partial charge in [0.1, 0.15) is 4.34 Å². The zero-order valence-electron chi connectivity index (χ0n) is 11.2. The first-order valence-corrected chi connectivity index (χ1v) is 7.93. The second kappa shape index (κ2) is 8.22. The Morgan fingerprint density at radius 1 is 1.42 bits per heavy atom. The van der Waals surface area contributed by atoms with Crippen LogP contribution in [0.1, 0.15) is 37.0 Å². The van der Waals surface area contributed by atoms with Crippen LogP contribution in [0.3, 0.4) is 0 Å². The van der Waals surface area contributed by atoms with Gasteiger partial charge < -0.3 is 5.11 Å². The third-order valence-corrected chi connectivity index (χ3v) is 4.64. The molecular weight excluding hydrogens is 305 g/mol. The Bertz CT molecular complexity index is 419. The fourth-order valence-corrected chi connectivity index (χ4v) is 3.62. The monoisotopic (exact) mass is 323 g/mol. The largest absolute Gasteiger partial charge is 0.395 e. The van der Waals surface area contributed by atoms with Crippen molar-refractivity contribution in [1.29, 1.82) is 0 Å². The Labute approximate surface area is 128 Å². The van der Waals surface area contributed by atoms with E-state index in [9.17, 15) is 4.79 Å². The Balaban J connectivity index is 2.78. The van der Waals surface area contributed by atoms with Crippen LogP contribution in [0.25, 0.3) is 0 Å². The van der Waals surface area contributed by atoms with Gasteiger partial charge in [0, 0.05) is 12.6 Å². The molecule has 0 radical (unpaired) electrons. The maximum absolute atomic E-state index is 12.2. The van der Waals surface area contributed by atoms with Gasteiger partial charge in [0.2, 0.25) is 0 Å². The molecule has 1 aromatic heterocycles. The highest BCUT2D eigenvalue weighted by molar-refractivity contribution is 7.20. The van der Waals surface area contributed by atoms with Crippen LogP contribution in [0.15, 0.2) is 6.07 Å². The van der Waals surface area contributed by atoms with Crippen molar-refractivity contribution in [3.8, 4) is 0 Å². The molecule has 0 aliphatic rings. The molecule has 6 heteroatoms. The van der Waals surface area contributed by atoms with E-state index in [0.717, 1.165) is 12.8 Å². The van der Waals surface area contributed by atoms with Gasteiger partial charge in [-0.05, 0) is 18.9 Å². The molecule has 108 valence electrons. The zero-order valence-corrected chi connectivity index (χ0v) is 13.5. The summed E-state index contributed by atoms with van der Waals surface area (Å²) in [5, 5.41) is 9.12. The SMILES string of the molecule is CCC(CC)N(CCO)CC(=O)c1cc(Cl)sc1Cl. The van der Waals surface area contributed by atoms with Gasteiger partial charge in [0.15, 0.2) is 5.78 Å². The van der Waals surface area contributed by atoms with Gasteiger partial charge in [-0.15, -0.1) is 11.3 Å². The number of halogens is 2. The molecule has 0 atom stereocenters. The van der Waals surface area contributed by atoms with Crippen LogP contribution in [0.5, 0.6) is 0 Å². The van der Waals surface area contributed by atoms with Crippen molar-refractivity contribution in [3.05, 3.63) is 20.3 Å². The highest BCUT2D eigenvalue weighted by Crippen LogP contribution is 2.31. The minimum absolute atomic E-state index is 0.0436. The second-order valence-electron chi connectivity index (χ2n) is 4.33. The van der Waals surface area contributed by atoms with E-state index < -0.39 is 0 Å². The van der Waals surface area contributed by atoms with Crippen LogP contribution in [0.4, 0.5) is 0 Å². The van der Waals surface area contributed by atoms with Gasteiger partial charge >= 0.3 is 0 Å². The Morgan fingerprint density at radius 3 is 2.47 bits per heavy atom. The minimum atomic E-state index is -0.0477. The van der Waals surface area contributed by atoms with E-state index >= 15 is 0 Å². The van der Waals surface area contributed by atoms with E-state index in [-0.39, 0.29) is 18.9 Å². The van der Waals surface area contributed by atoms with Crippen LogP contribution in [-0.2, 0) is 0 Å². The first-order valence-electron chi connectivity index (χ1n) is 6.36. The van der Waals surface area contributed by atoms with E-state index in [2.05, 4.69) is 13.8 Å². The molecule has 3 nitrogen and oxygen atoms in total. The average molecular weight is 324 g/mol. The van der Waals surface area contributed by atoms with Gasteiger partial charge in [0.25, 0.3) is 0 Å². The summed E-state index contributed by atoms with van der Waals surface area (Å²) in [6.45, 7) is 4.96. The van der Waals surface area contributed by atoms with Crippen LogP contribution in [-0.4, -0.2) is 41.5 Å². The lowest BCUT2D eigenvalue weighted by atomic mass is 10.1. The highest BCUT2D eigenvalue weighted by atomic mass is 35.5. The summed E-state index contributed by atoms with van der Waals surface area (Å²) in [6.07, 6.45) is 1.89. The molecule has 0 fully saturated rings. The fourth-order valence-electron chi connectivity index (χ4n) is 2.12. The fraction of sp³-hybridized carbons (Fsp3) is 0.615. The number of carbonyl (C=O) groups is 1. The Hall–Kier alpha value is -0.130. The number of thiophene rings is 1. The van der Waals surface area contributed by atoms with E-state index in [0.29, 0.717) is 26.8 Å². The number of carbonyl (C=O) groups excluding carboxylic acids is 1. The molecule has 0 aliphatic heterocycles. The Morgan fingerprint density at radius 2 is 2.05 bits per heavy atom. The molecule has 19 heavy (non-hydrogen) atoms. The number of ketones is 1. The van der Waals surface area contributed by atoms with Crippen molar-refractivity contribution in [2.24, 2.45) is 0 Å². The molecular formula is C13H19Cl2NO2S. The van der Waals surface area contributed by atoms with Gasteiger partial charge in [-0.2, -0.15) is 0 Å². The van der Waals surface area contributed by atoms with Crippen molar-refractivity contribution in [3.63, 3.8) is 0 Å². The molecule has 0 bridgehead atoms. The smallest absolute Gasteiger partial charge is 0.179 e. The zero-order chi connectivity index (χ0) is 14.4. The van der Waals surface area contributed by atoms with Gasteiger partial charge in [0.05, 0.1) is 23.1 Å². The van der Waals surface area contributed by atoms with Gasteiger partial charge in [-0.25, -0.2) is 0 Å². The normalized spacial score (nSPS) is 11.5. The van der Waals surface area contributed by atoms with E-state index in [1.165, 1.54) is 11.3 Å². The number of aliphatic hydroxyl groups excluding tert-OH is 1. The number of hydrogen-bond donors (Lipinski definition) is 1. The third-order valence-electron chi connectivity index (χ3n) is 3.15. The van der Waals surface area contributed by atoms with Crippen molar-refractivity contribution >= 4 is 40.3 Å². The first-order chi connectivity index (χ1) is 9.03. The van der Waals surface area contributed by atoms with Crippen LogP contribution < -0.4 is 0 Å². The van der Waals surface area contributed by atoms with Crippen LogP contribution in [0.2, 0.25) is 8.67 Å². The quantitative estimate of drug-likeness (QED) is 0.741. The summed E-state index contributed by atoms with van der Waals surface area (Å²) >= 11 is 13.0. The lowest BCUT2D eigenvalue weighted by Gasteiger charge is -2.29. The van der Waals surface area contributed by atoms with Crippen molar-refractivity contribution in [2.75, 3.05) is 19.7 Å². The highest BCUT2D eigenvalue weighted by Gasteiger charge is 2.21. The van der Waals surface area contributed by atoms with Crippen LogP contribution >= 0.6 is 34.5 Å². The van der Waals surface area contributed by atoms with E-state index in [4.69, 9.17) is 28.3 Å². The van der Waals surface area contributed by atoms with Crippen molar-refractivity contribution in [1.82, 2.24) is 4.90 Å². The standard InChI is InChI=1S/C13H19Cl2NO2S/c1-3-9(4-2)16(5-6-17)8-11(18)10-7-12(14)19-13(10)15/h7,9,17H,3-6,8H2,1-2H3. The van der Waals surface area contributed by atoms with Crippen LogP contribution in [0, 0.1) is 0 Å². The molecule has 1 aromatic rings. The minimum Gasteiger partial charge on any atom is -0.395 e. The van der Waals surface area contributed by atoms with Gasteiger partial charge in [-0.1, -0.05) is 37.0 Å². The number of Topliss-reactive ketones (excluding diaryl/α,β-unsaturated/α-hetero) is 1. The number of aliphatic hydroxyl groups is 1. The molecule has 1 heterocycles. The van der Waals surface area contributed by atoms with Crippen molar-refractivity contribution < 1.29 is 9.90 Å². The number of nitrogens with zero attached hydrogens (tertiary/aromatic N) is 1. The first kappa shape index (κ1) is 16.9. The Kier molecular flexibility index (Phi) is 7.32. The summed E-state index contributed by atoms with van der Waals surface area (Å²) in [7, 11) is 0. The molecule has 0 aliphatic carbocycles. The summed E-state index contributed by atoms with van der Waals surface area (Å²) in [6, 6.07) is 1.91. The summed E-state index contributed by atoms with van der Waals surface area (Å²) < 4.78 is 0.952. The number of hydrogen-bond acceptors (Lipinski definition) is 4. The molecule has 1 N–H and O–H groups in total. The molecule has 0 amide bonds. The summed E-state index contributed by atoms with van der Waals surface area (Å²) in [4.78, 5) is 14.2. The third kappa shape index (κ3) is 4.72. The molecule has 0 saturated carbocycles. The molecule has 0 unspecified atom stereocenters. The lowest BCUT2D eigenvalue weighted by Crippen LogP contribution is -2.40. The maximum atomic E-state index is 12.2. The predicted molar refractivity (Wildman–Crippen MR) is 81.7 cm³/mol.